The van der Waals surface area contributed by atoms with Crippen molar-refractivity contribution in [1.82, 2.24) is 0 Å². The van der Waals surface area contributed by atoms with Gasteiger partial charge in [0, 0.05) is 0 Å². The van der Waals surface area contributed by atoms with Crippen molar-refractivity contribution in [3.63, 3.8) is 0 Å². The largest absolute Gasteiger partial charge is 0.0958 e. The number of hydrogen-bond donors (Lipinski definition) is 0. The Morgan fingerprint density at radius 1 is 1.14 bits per heavy atom. The molecule has 1 aromatic rings. The van der Waals surface area contributed by atoms with Gasteiger partial charge in [0.1, 0.15) is 0 Å². The van der Waals surface area contributed by atoms with Crippen LogP contribution in [0.2, 0.25) is 0 Å². The van der Waals surface area contributed by atoms with Crippen molar-refractivity contribution < 1.29 is 0 Å². The minimum absolute atomic E-state index is 1.11. The molecular weight excluding hydrogens is 168 g/mol. The Balaban J connectivity index is 2.66. The zero-order chi connectivity index (χ0) is 10.4. The zero-order valence-corrected chi connectivity index (χ0v) is 8.83. The van der Waals surface area contributed by atoms with Crippen LogP contribution < -0.4 is 0 Å². The highest BCUT2D eigenvalue weighted by Gasteiger charge is 1.85. The highest BCUT2D eigenvalue weighted by molar-refractivity contribution is 5.51. The van der Waals surface area contributed by atoms with Crippen molar-refractivity contribution in [2.24, 2.45) is 0 Å². The van der Waals surface area contributed by atoms with Crippen LogP contribution in [-0.2, 0) is 0 Å². The van der Waals surface area contributed by atoms with Gasteiger partial charge in [-0.1, -0.05) is 60.7 Å². The third kappa shape index (κ3) is 3.44. The summed E-state index contributed by atoms with van der Waals surface area (Å²) in [5, 5.41) is 0. The normalized spacial score (nSPS) is 12.0. The van der Waals surface area contributed by atoms with Gasteiger partial charge < -0.3 is 0 Å². The second-order valence-corrected chi connectivity index (χ2v) is 3.40. The summed E-state index contributed by atoms with van der Waals surface area (Å²) in [6, 6.07) is 10.3. The second kappa shape index (κ2) is 5.23. The predicted molar refractivity (Wildman–Crippen MR) is 64.0 cm³/mol. The van der Waals surface area contributed by atoms with Crippen LogP contribution in [0.5, 0.6) is 0 Å². The molecule has 0 aliphatic heterocycles. The third-order valence-corrected chi connectivity index (χ3v) is 2.11. The van der Waals surface area contributed by atoms with E-state index in [-0.39, 0.29) is 0 Å². The molecule has 0 atom stereocenters. The molecule has 0 spiro atoms. The van der Waals surface area contributed by atoms with Crippen LogP contribution in [0, 0.1) is 0 Å². The van der Waals surface area contributed by atoms with Crippen LogP contribution in [0.3, 0.4) is 0 Å². The Morgan fingerprint density at radius 3 is 2.36 bits per heavy atom. The van der Waals surface area contributed by atoms with E-state index in [9.17, 15) is 0 Å². The molecule has 1 rings (SSSR count). The lowest BCUT2D eigenvalue weighted by Crippen LogP contribution is -1.73. The highest BCUT2D eigenvalue weighted by atomic mass is 13.9. The number of benzene rings is 1. The molecule has 0 saturated heterocycles. The minimum Gasteiger partial charge on any atom is -0.0958 e. The van der Waals surface area contributed by atoms with E-state index in [0.717, 1.165) is 5.57 Å². The average Bonchev–Trinajstić information content (AvgIpc) is 2.19. The molecular formula is C14H16. The Kier molecular flexibility index (Phi) is 3.93. The van der Waals surface area contributed by atoms with Gasteiger partial charge in [-0.2, -0.15) is 0 Å². The molecule has 0 heteroatoms. The zero-order valence-electron chi connectivity index (χ0n) is 8.83. The third-order valence-electron chi connectivity index (χ3n) is 2.11. The lowest BCUT2D eigenvalue weighted by Gasteiger charge is -1.94. The molecule has 0 radical (unpaired) electrons. The maximum atomic E-state index is 3.88. The van der Waals surface area contributed by atoms with Crippen LogP contribution >= 0.6 is 0 Å². The van der Waals surface area contributed by atoms with Gasteiger partial charge in [0.05, 0.1) is 0 Å². The summed E-state index contributed by atoms with van der Waals surface area (Å²) in [7, 11) is 0. The molecule has 0 nitrogen and oxygen atoms in total. The summed E-state index contributed by atoms with van der Waals surface area (Å²) in [6.07, 6.45) is 6.22. The Hall–Kier alpha value is -1.56. The number of hydrogen-bond acceptors (Lipinski definition) is 0. The topological polar surface area (TPSA) is 0 Å². The monoisotopic (exact) mass is 184 g/mol. The fourth-order valence-electron chi connectivity index (χ4n) is 1.01. The predicted octanol–water partition coefficient (Wildman–Crippen LogP) is 4.22. The molecule has 72 valence electrons. The number of rotatable bonds is 3. The van der Waals surface area contributed by atoms with Crippen LogP contribution in [-0.4, -0.2) is 0 Å². The van der Waals surface area contributed by atoms with E-state index in [1.54, 1.807) is 0 Å². The maximum Gasteiger partial charge on any atom is -0.0257 e. The summed E-state index contributed by atoms with van der Waals surface area (Å²) in [6.45, 7) is 7.96. The molecule has 0 aliphatic carbocycles. The van der Waals surface area contributed by atoms with Gasteiger partial charge in [0.25, 0.3) is 0 Å². The van der Waals surface area contributed by atoms with Crippen LogP contribution in [0.4, 0.5) is 0 Å². The van der Waals surface area contributed by atoms with Crippen LogP contribution in [0.25, 0.3) is 6.08 Å². The van der Waals surface area contributed by atoms with E-state index < -0.39 is 0 Å². The van der Waals surface area contributed by atoms with Gasteiger partial charge in [-0.15, -0.1) is 0 Å². The summed E-state index contributed by atoms with van der Waals surface area (Å²) < 4.78 is 0. The molecule has 0 saturated carbocycles. The average molecular weight is 184 g/mol. The Bertz CT molecular complexity index is 353. The summed E-state index contributed by atoms with van der Waals surface area (Å²) in [5.41, 5.74) is 3.55. The first-order chi connectivity index (χ1) is 6.70. The Morgan fingerprint density at radius 2 is 1.79 bits per heavy atom. The van der Waals surface area contributed by atoms with Gasteiger partial charge in [-0.05, 0) is 25.0 Å². The van der Waals surface area contributed by atoms with Gasteiger partial charge >= 0.3 is 0 Å². The van der Waals surface area contributed by atoms with Crippen LogP contribution in [0.15, 0.2) is 60.2 Å². The van der Waals surface area contributed by atoms with E-state index in [4.69, 9.17) is 0 Å². The van der Waals surface area contributed by atoms with Crippen molar-refractivity contribution in [1.29, 1.82) is 0 Å². The summed E-state index contributed by atoms with van der Waals surface area (Å²) >= 11 is 0. The molecule has 1 aromatic carbocycles. The Labute approximate surface area is 86.3 Å². The van der Waals surface area contributed by atoms with Crippen molar-refractivity contribution in [3.8, 4) is 0 Å². The highest BCUT2D eigenvalue weighted by Crippen LogP contribution is 2.06. The smallest absolute Gasteiger partial charge is 0.0257 e. The van der Waals surface area contributed by atoms with E-state index in [1.807, 2.05) is 25.1 Å². The lowest BCUT2D eigenvalue weighted by molar-refractivity contribution is 1.37. The molecule has 14 heavy (non-hydrogen) atoms. The minimum atomic E-state index is 1.11. The first-order valence-corrected chi connectivity index (χ1v) is 4.76. The molecule has 0 aliphatic rings. The molecule has 0 aromatic heterocycles. The number of allylic oxidation sites excluding steroid dienone is 4. The van der Waals surface area contributed by atoms with Crippen molar-refractivity contribution >= 4 is 6.08 Å². The standard InChI is InChI=1S/C14H16/c1-12(2)13(3)8-7-11-14-9-5-4-6-10-14/h4-11H,1H2,2-3H3. The van der Waals surface area contributed by atoms with E-state index in [2.05, 4.69) is 43.9 Å². The van der Waals surface area contributed by atoms with E-state index in [0.29, 0.717) is 0 Å². The molecule has 0 fully saturated rings. The lowest BCUT2D eigenvalue weighted by atomic mass is 10.1. The van der Waals surface area contributed by atoms with Crippen molar-refractivity contribution in [2.75, 3.05) is 0 Å². The van der Waals surface area contributed by atoms with Gasteiger partial charge in [-0.25, -0.2) is 0 Å². The fourth-order valence-corrected chi connectivity index (χ4v) is 1.01. The molecule has 0 heterocycles. The van der Waals surface area contributed by atoms with Gasteiger partial charge in [-0.3, -0.25) is 0 Å². The molecule has 0 amide bonds. The second-order valence-electron chi connectivity index (χ2n) is 3.40. The molecule has 0 bridgehead atoms. The first kappa shape index (κ1) is 10.5. The summed E-state index contributed by atoms with van der Waals surface area (Å²) in [4.78, 5) is 0. The van der Waals surface area contributed by atoms with E-state index in [1.165, 1.54) is 11.1 Å². The molecule has 0 unspecified atom stereocenters. The van der Waals surface area contributed by atoms with Crippen molar-refractivity contribution in [3.05, 3.63) is 65.8 Å². The first-order valence-electron chi connectivity index (χ1n) is 4.76. The SMILES string of the molecule is C=C(C)C(C)=CC=Cc1ccccc1. The summed E-state index contributed by atoms with van der Waals surface area (Å²) in [5.74, 6) is 0. The van der Waals surface area contributed by atoms with Gasteiger partial charge in [0.2, 0.25) is 0 Å². The van der Waals surface area contributed by atoms with Gasteiger partial charge in [0.15, 0.2) is 0 Å². The molecule has 0 N–H and O–H groups in total. The van der Waals surface area contributed by atoms with E-state index >= 15 is 0 Å². The maximum absolute atomic E-state index is 3.88. The fraction of sp³-hybridized carbons (Fsp3) is 0.143. The van der Waals surface area contributed by atoms with Crippen LogP contribution in [0.1, 0.15) is 19.4 Å². The quantitative estimate of drug-likeness (QED) is 0.617. The van der Waals surface area contributed by atoms with Crippen molar-refractivity contribution in [2.45, 2.75) is 13.8 Å².